The SMILES string of the molecule is C/C=C/C1(C)C(=O)CC(CC)CC1C. The van der Waals surface area contributed by atoms with E-state index < -0.39 is 0 Å². The first-order valence-corrected chi connectivity index (χ1v) is 5.71. The molecule has 80 valence electrons. The molecule has 0 aliphatic heterocycles. The van der Waals surface area contributed by atoms with E-state index in [2.05, 4.69) is 26.8 Å². The summed E-state index contributed by atoms with van der Waals surface area (Å²) in [5.74, 6) is 1.54. The second kappa shape index (κ2) is 4.29. The number of carbonyl (C=O) groups is 1. The van der Waals surface area contributed by atoms with Crippen LogP contribution in [0.3, 0.4) is 0 Å². The monoisotopic (exact) mass is 194 g/mol. The van der Waals surface area contributed by atoms with E-state index in [9.17, 15) is 4.79 Å². The number of ketones is 1. The summed E-state index contributed by atoms with van der Waals surface area (Å²) < 4.78 is 0. The van der Waals surface area contributed by atoms with Gasteiger partial charge in [-0.3, -0.25) is 4.79 Å². The fourth-order valence-electron chi connectivity index (χ4n) is 2.50. The molecule has 1 aliphatic rings. The Labute approximate surface area is 87.6 Å². The molecule has 0 bridgehead atoms. The van der Waals surface area contributed by atoms with Crippen LogP contribution in [0.1, 0.15) is 47.0 Å². The smallest absolute Gasteiger partial charge is 0.143 e. The van der Waals surface area contributed by atoms with Gasteiger partial charge in [-0.15, -0.1) is 0 Å². The van der Waals surface area contributed by atoms with Gasteiger partial charge in [0.25, 0.3) is 0 Å². The van der Waals surface area contributed by atoms with Crippen LogP contribution < -0.4 is 0 Å². The van der Waals surface area contributed by atoms with Crippen molar-refractivity contribution in [3.63, 3.8) is 0 Å². The van der Waals surface area contributed by atoms with Gasteiger partial charge in [0, 0.05) is 11.8 Å². The van der Waals surface area contributed by atoms with Crippen LogP contribution in [0.5, 0.6) is 0 Å². The number of hydrogen-bond acceptors (Lipinski definition) is 1. The second-order valence-corrected chi connectivity index (χ2v) is 4.82. The summed E-state index contributed by atoms with van der Waals surface area (Å²) in [5, 5.41) is 0. The van der Waals surface area contributed by atoms with Gasteiger partial charge in [-0.05, 0) is 32.1 Å². The van der Waals surface area contributed by atoms with E-state index in [-0.39, 0.29) is 5.41 Å². The maximum atomic E-state index is 12.0. The molecule has 0 aromatic heterocycles. The van der Waals surface area contributed by atoms with E-state index in [0.29, 0.717) is 17.6 Å². The van der Waals surface area contributed by atoms with Crippen LogP contribution in [-0.4, -0.2) is 5.78 Å². The van der Waals surface area contributed by atoms with Crippen LogP contribution >= 0.6 is 0 Å². The summed E-state index contributed by atoms with van der Waals surface area (Å²) in [6.07, 6.45) is 7.22. The highest BCUT2D eigenvalue weighted by Gasteiger charge is 2.41. The van der Waals surface area contributed by atoms with Crippen LogP contribution in [0.2, 0.25) is 0 Å². The molecule has 1 saturated carbocycles. The standard InChI is InChI=1S/C13H22O/c1-5-7-13(4)10(3)8-11(6-2)9-12(13)14/h5,7,10-11H,6,8-9H2,1-4H3/b7-5+. The number of allylic oxidation sites excluding steroid dienone is 2. The Morgan fingerprint density at radius 1 is 1.57 bits per heavy atom. The maximum Gasteiger partial charge on any atom is 0.143 e. The molecule has 0 saturated heterocycles. The molecule has 14 heavy (non-hydrogen) atoms. The highest BCUT2D eigenvalue weighted by Crippen LogP contribution is 2.42. The molecule has 1 fully saturated rings. The molecule has 1 rings (SSSR count). The van der Waals surface area contributed by atoms with Gasteiger partial charge in [0.2, 0.25) is 0 Å². The highest BCUT2D eigenvalue weighted by molar-refractivity contribution is 5.87. The number of hydrogen-bond donors (Lipinski definition) is 0. The zero-order valence-corrected chi connectivity index (χ0v) is 9.84. The minimum atomic E-state index is -0.194. The van der Waals surface area contributed by atoms with Gasteiger partial charge >= 0.3 is 0 Å². The molecule has 1 nitrogen and oxygen atoms in total. The molecule has 0 aromatic rings. The summed E-state index contributed by atoms with van der Waals surface area (Å²) in [7, 11) is 0. The molecular weight excluding hydrogens is 172 g/mol. The lowest BCUT2D eigenvalue weighted by Gasteiger charge is -2.39. The van der Waals surface area contributed by atoms with Crippen LogP contribution in [-0.2, 0) is 4.79 Å². The quantitative estimate of drug-likeness (QED) is 0.614. The largest absolute Gasteiger partial charge is 0.299 e. The van der Waals surface area contributed by atoms with E-state index in [0.717, 1.165) is 12.8 Å². The number of Topliss-reactive ketones (excluding diaryl/α,β-unsaturated/α-hetero) is 1. The van der Waals surface area contributed by atoms with Crippen molar-refractivity contribution >= 4 is 5.78 Å². The van der Waals surface area contributed by atoms with Gasteiger partial charge < -0.3 is 0 Å². The van der Waals surface area contributed by atoms with Gasteiger partial charge in [-0.1, -0.05) is 32.4 Å². The van der Waals surface area contributed by atoms with Crippen LogP contribution in [0.15, 0.2) is 12.2 Å². The first-order valence-electron chi connectivity index (χ1n) is 5.71. The van der Waals surface area contributed by atoms with Crippen molar-refractivity contribution < 1.29 is 4.79 Å². The lowest BCUT2D eigenvalue weighted by atomic mass is 9.63. The lowest BCUT2D eigenvalue weighted by Crippen LogP contribution is -2.39. The van der Waals surface area contributed by atoms with Gasteiger partial charge in [0.05, 0.1) is 0 Å². The average Bonchev–Trinajstić information content (AvgIpc) is 2.14. The van der Waals surface area contributed by atoms with Crippen molar-refractivity contribution in [2.24, 2.45) is 17.3 Å². The van der Waals surface area contributed by atoms with E-state index in [4.69, 9.17) is 0 Å². The molecule has 3 unspecified atom stereocenters. The first kappa shape index (κ1) is 11.5. The molecule has 0 spiro atoms. The first-order chi connectivity index (χ1) is 6.54. The Morgan fingerprint density at radius 3 is 2.64 bits per heavy atom. The minimum Gasteiger partial charge on any atom is -0.299 e. The predicted octanol–water partition coefficient (Wildman–Crippen LogP) is 3.59. The van der Waals surface area contributed by atoms with Crippen molar-refractivity contribution in [2.75, 3.05) is 0 Å². The summed E-state index contributed by atoms with van der Waals surface area (Å²) >= 11 is 0. The van der Waals surface area contributed by atoms with Crippen LogP contribution in [0.25, 0.3) is 0 Å². The third kappa shape index (κ3) is 1.92. The van der Waals surface area contributed by atoms with Gasteiger partial charge in [-0.2, -0.15) is 0 Å². The van der Waals surface area contributed by atoms with E-state index in [1.54, 1.807) is 0 Å². The molecule has 0 aromatic carbocycles. The fraction of sp³-hybridized carbons (Fsp3) is 0.769. The normalized spacial score (nSPS) is 39.3. The van der Waals surface area contributed by atoms with Crippen LogP contribution in [0.4, 0.5) is 0 Å². The third-order valence-electron chi connectivity index (χ3n) is 3.88. The van der Waals surface area contributed by atoms with Crippen molar-refractivity contribution in [3.8, 4) is 0 Å². The van der Waals surface area contributed by atoms with E-state index in [1.807, 2.05) is 13.0 Å². The van der Waals surface area contributed by atoms with E-state index in [1.165, 1.54) is 6.42 Å². The van der Waals surface area contributed by atoms with Crippen LogP contribution in [0, 0.1) is 17.3 Å². The second-order valence-electron chi connectivity index (χ2n) is 4.82. The Balaban J connectivity index is 2.84. The molecule has 0 N–H and O–H groups in total. The molecule has 0 amide bonds. The summed E-state index contributed by atoms with van der Waals surface area (Å²) in [4.78, 5) is 12.0. The predicted molar refractivity (Wildman–Crippen MR) is 60.1 cm³/mol. The summed E-state index contributed by atoms with van der Waals surface area (Å²) in [6.45, 7) is 8.48. The van der Waals surface area contributed by atoms with E-state index >= 15 is 0 Å². The summed E-state index contributed by atoms with van der Waals surface area (Å²) in [6, 6.07) is 0. The maximum absolute atomic E-state index is 12.0. The lowest BCUT2D eigenvalue weighted by molar-refractivity contribution is -0.132. The Bertz CT molecular complexity index is 242. The van der Waals surface area contributed by atoms with Crippen molar-refractivity contribution in [2.45, 2.75) is 47.0 Å². The summed E-state index contributed by atoms with van der Waals surface area (Å²) in [5.41, 5.74) is -0.194. The fourth-order valence-corrected chi connectivity index (χ4v) is 2.50. The molecular formula is C13H22O. The topological polar surface area (TPSA) is 17.1 Å². The zero-order valence-electron chi connectivity index (χ0n) is 9.84. The number of carbonyl (C=O) groups excluding carboxylic acids is 1. The number of rotatable bonds is 2. The van der Waals surface area contributed by atoms with Gasteiger partial charge in [-0.25, -0.2) is 0 Å². The van der Waals surface area contributed by atoms with Gasteiger partial charge in [0.1, 0.15) is 5.78 Å². The van der Waals surface area contributed by atoms with Crippen molar-refractivity contribution in [3.05, 3.63) is 12.2 Å². The Kier molecular flexibility index (Phi) is 3.52. The molecule has 0 radical (unpaired) electrons. The van der Waals surface area contributed by atoms with Crippen molar-refractivity contribution in [1.29, 1.82) is 0 Å². The molecule has 1 aliphatic carbocycles. The average molecular weight is 194 g/mol. The zero-order chi connectivity index (χ0) is 10.8. The van der Waals surface area contributed by atoms with Gasteiger partial charge in [0.15, 0.2) is 0 Å². The third-order valence-corrected chi connectivity index (χ3v) is 3.88. The van der Waals surface area contributed by atoms with Crippen molar-refractivity contribution in [1.82, 2.24) is 0 Å². The molecule has 1 heteroatoms. The highest BCUT2D eigenvalue weighted by atomic mass is 16.1. The molecule has 3 atom stereocenters. The Morgan fingerprint density at radius 2 is 2.21 bits per heavy atom. The molecule has 0 heterocycles. The minimum absolute atomic E-state index is 0.194. The Hall–Kier alpha value is -0.590.